The van der Waals surface area contributed by atoms with Crippen molar-refractivity contribution in [3.63, 3.8) is 0 Å². The average Bonchev–Trinajstić information content (AvgIpc) is 2.95. The lowest BCUT2D eigenvalue weighted by Crippen LogP contribution is -2.25. The Morgan fingerprint density at radius 1 is 1.07 bits per heavy atom. The maximum atomic E-state index is 12.9. The third-order valence-corrected chi connectivity index (χ3v) is 4.83. The van der Waals surface area contributed by atoms with E-state index in [1.54, 1.807) is 19.1 Å². The van der Waals surface area contributed by atoms with Crippen LogP contribution in [0.5, 0.6) is 0 Å². The molecule has 8 heteroatoms. The van der Waals surface area contributed by atoms with Crippen molar-refractivity contribution in [2.75, 3.05) is 11.0 Å². The smallest absolute Gasteiger partial charge is 0.340 e. The Balaban J connectivity index is 1.85. The second kappa shape index (κ2) is 7.47. The number of Topliss-reactive ketones (excluding diaryl/α,β-unsaturated/α-hetero) is 1. The predicted octanol–water partition coefficient (Wildman–Crippen LogP) is 3.28. The number of ether oxygens (including phenoxy) is 1. The van der Waals surface area contributed by atoms with E-state index in [1.807, 2.05) is 24.3 Å². The van der Waals surface area contributed by atoms with Crippen LogP contribution in [0.4, 0.5) is 5.69 Å². The molecule has 146 valence electrons. The zero-order chi connectivity index (χ0) is 20.5. The van der Waals surface area contributed by atoms with Gasteiger partial charge >= 0.3 is 5.97 Å². The van der Waals surface area contributed by atoms with Crippen LogP contribution in [-0.4, -0.2) is 37.5 Å². The van der Waals surface area contributed by atoms with E-state index in [2.05, 4.69) is 9.71 Å². The summed E-state index contributed by atoms with van der Waals surface area (Å²) in [5, 5.41) is 0.757. The Kier molecular flexibility index (Phi) is 5.24. The highest BCUT2D eigenvalue weighted by Gasteiger charge is 2.26. The van der Waals surface area contributed by atoms with E-state index in [-0.39, 0.29) is 17.0 Å². The standard InChI is InChI=1S/C20H20N2O5S/c1-12-18(14-8-4-6-10-16(14)21-12)19(23)13(2)27-20(24)15-9-5-7-11-17(15)22-28(3,25)26/h4-11,13,21-22H,1-3H3/t13-/m1/s1. The van der Waals surface area contributed by atoms with Crippen molar-refractivity contribution in [2.45, 2.75) is 20.0 Å². The molecule has 0 aliphatic carbocycles. The van der Waals surface area contributed by atoms with E-state index < -0.39 is 22.1 Å². The average molecular weight is 400 g/mol. The van der Waals surface area contributed by atoms with Gasteiger partial charge in [-0.15, -0.1) is 0 Å². The van der Waals surface area contributed by atoms with Gasteiger partial charge in [0.25, 0.3) is 0 Å². The lowest BCUT2D eigenvalue weighted by molar-refractivity contribution is 0.0320. The number of carbonyl (C=O) groups is 2. The van der Waals surface area contributed by atoms with E-state index in [0.29, 0.717) is 11.3 Å². The number of anilines is 1. The van der Waals surface area contributed by atoms with Gasteiger partial charge in [0.05, 0.1) is 17.5 Å². The van der Waals surface area contributed by atoms with Crippen molar-refractivity contribution >= 4 is 38.4 Å². The summed E-state index contributed by atoms with van der Waals surface area (Å²) in [5.41, 5.74) is 2.11. The molecule has 1 atom stereocenters. The van der Waals surface area contributed by atoms with Crippen LogP contribution in [0.2, 0.25) is 0 Å². The summed E-state index contributed by atoms with van der Waals surface area (Å²) < 4.78 is 30.6. The van der Waals surface area contributed by atoms with Crippen LogP contribution in [0.25, 0.3) is 10.9 Å². The molecule has 28 heavy (non-hydrogen) atoms. The topological polar surface area (TPSA) is 105 Å². The molecule has 0 bridgehead atoms. The SMILES string of the molecule is Cc1[nH]c2ccccc2c1C(=O)[C@@H](C)OC(=O)c1ccccc1NS(C)(=O)=O. The minimum absolute atomic E-state index is 0.0308. The van der Waals surface area contributed by atoms with E-state index in [1.165, 1.54) is 19.1 Å². The van der Waals surface area contributed by atoms with E-state index in [4.69, 9.17) is 4.74 Å². The molecule has 0 fully saturated rings. The monoisotopic (exact) mass is 400 g/mol. The highest BCUT2D eigenvalue weighted by atomic mass is 32.2. The number of hydrogen-bond acceptors (Lipinski definition) is 5. The molecule has 0 saturated carbocycles. The molecule has 0 amide bonds. The lowest BCUT2D eigenvalue weighted by atomic mass is 10.0. The molecule has 3 rings (SSSR count). The number of H-pyrrole nitrogens is 1. The number of carbonyl (C=O) groups excluding carboxylic acids is 2. The van der Waals surface area contributed by atoms with Gasteiger partial charge in [-0.05, 0) is 32.0 Å². The second-order valence-corrected chi connectivity index (χ2v) is 8.25. The molecule has 0 spiro atoms. The maximum Gasteiger partial charge on any atom is 0.340 e. The Morgan fingerprint density at radius 3 is 2.43 bits per heavy atom. The van der Waals surface area contributed by atoms with Gasteiger partial charge in [-0.2, -0.15) is 0 Å². The number of aromatic nitrogens is 1. The van der Waals surface area contributed by atoms with Crippen LogP contribution in [0.15, 0.2) is 48.5 Å². The summed E-state index contributed by atoms with van der Waals surface area (Å²) in [6.07, 6.45) is -0.0576. The third kappa shape index (κ3) is 4.07. The van der Waals surface area contributed by atoms with Crippen LogP contribution in [0.3, 0.4) is 0 Å². The van der Waals surface area contributed by atoms with Gasteiger partial charge in [-0.25, -0.2) is 13.2 Å². The highest BCUT2D eigenvalue weighted by molar-refractivity contribution is 7.92. The van der Waals surface area contributed by atoms with Crippen molar-refractivity contribution in [3.05, 3.63) is 65.4 Å². The fourth-order valence-corrected chi connectivity index (χ4v) is 3.60. The highest BCUT2D eigenvalue weighted by Crippen LogP contribution is 2.25. The third-order valence-electron chi connectivity index (χ3n) is 4.24. The number of aryl methyl sites for hydroxylation is 1. The first kappa shape index (κ1) is 19.6. The molecule has 2 N–H and O–H groups in total. The number of esters is 1. The Bertz CT molecular complexity index is 1160. The normalized spacial score (nSPS) is 12.5. The van der Waals surface area contributed by atoms with E-state index in [0.717, 1.165) is 17.2 Å². The minimum atomic E-state index is -3.57. The Labute approximate surface area is 162 Å². The number of sulfonamides is 1. The lowest BCUT2D eigenvalue weighted by Gasteiger charge is -2.15. The molecule has 3 aromatic rings. The fraction of sp³-hybridized carbons (Fsp3) is 0.200. The van der Waals surface area contributed by atoms with Gasteiger partial charge in [0, 0.05) is 22.2 Å². The minimum Gasteiger partial charge on any atom is -0.451 e. The molecule has 0 radical (unpaired) electrons. The summed E-state index contributed by atoms with van der Waals surface area (Å²) in [7, 11) is -3.57. The largest absolute Gasteiger partial charge is 0.451 e. The van der Waals surface area contributed by atoms with Crippen LogP contribution in [0, 0.1) is 6.92 Å². The molecule has 0 aliphatic rings. The summed E-state index contributed by atoms with van der Waals surface area (Å²) in [4.78, 5) is 28.6. The molecule has 0 aliphatic heterocycles. The molecule has 7 nitrogen and oxygen atoms in total. The van der Waals surface area contributed by atoms with Gasteiger partial charge in [-0.1, -0.05) is 30.3 Å². The molecule has 0 saturated heterocycles. The zero-order valence-corrected chi connectivity index (χ0v) is 16.5. The van der Waals surface area contributed by atoms with Crippen molar-refractivity contribution in [1.29, 1.82) is 0 Å². The van der Waals surface area contributed by atoms with Crippen molar-refractivity contribution in [1.82, 2.24) is 4.98 Å². The number of fused-ring (bicyclic) bond motifs is 1. The van der Waals surface area contributed by atoms with Gasteiger partial charge < -0.3 is 9.72 Å². The van der Waals surface area contributed by atoms with Crippen LogP contribution in [-0.2, 0) is 14.8 Å². The number of hydrogen-bond donors (Lipinski definition) is 2. The van der Waals surface area contributed by atoms with Gasteiger partial charge in [0.1, 0.15) is 0 Å². The van der Waals surface area contributed by atoms with E-state index in [9.17, 15) is 18.0 Å². The number of ketones is 1. The molecule has 2 aromatic carbocycles. The van der Waals surface area contributed by atoms with Crippen LogP contribution < -0.4 is 4.72 Å². The van der Waals surface area contributed by atoms with E-state index >= 15 is 0 Å². The molecule has 1 heterocycles. The maximum absolute atomic E-state index is 12.9. The van der Waals surface area contributed by atoms with Crippen molar-refractivity contribution < 1.29 is 22.7 Å². The molecule has 0 unspecified atom stereocenters. The molecular formula is C20H20N2O5S. The van der Waals surface area contributed by atoms with Crippen LogP contribution >= 0.6 is 0 Å². The first-order valence-electron chi connectivity index (χ1n) is 8.56. The number of benzene rings is 2. The quantitative estimate of drug-likeness (QED) is 0.488. The predicted molar refractivity (Wildman–Crippen MR) is 107 cm³/mol. The molecule has 1 aromatic heterocycles. The number of nitrogens with one attached hydrogen (secondary N) is 2. The second-order valence-electron chi connectivity index (χ2n) is 6.50. The first-order chi connectivity index (χ1) is 13.2. The summed E-state index contributed by atoms with van der Waals surface area (Å²) in [6, 6.07) is 13.4. The number of rotatable bonds is 6. The summed E-state index contributed by atoms with van der Waals surface area (Å²) >= 11 is 0. The van der Waals surface area contributed by atoms with Crippen molar-refractivity contribution in [2.24, 2.45) is 0 Å². The van der Waals surface area contributed by atoms with Crippen LogP contribution in [0.1, 0.15) is 33.3 Å². The molecular weight excluding hydrogens is 380 g/mol. The van der Waals surface area contributed by atoms with Gasteiger partial charge in [0.2, 0.25) is 15.8 Å². The van der Waals surface area contributed by atoms with Crippen molar-refractivity contribution in [3.8, 4) is 0 Å². The van der Waals surface area contributed by atoms with Gasteiger partial charge in [0.15, 0.2) is 6.10 Å². The fourth-order valence-electron chi connectivity index (χ4n) is 3.02. The Hall–Kier alpha value is -3.13. The zero-order valence-electron chi connectivity index (χ0n) is 15.6. The summed E-state index contributed by atoms with van der Waals surface area (Å²) in [5.74, 6) is -1.12. The van der Waals surface area contributed by atoms with Gasteiger partial charge in [-0.3, -0.25) is 9.52 Å². The number of aromatic amines is 1. The first-order valence-corrected chi connectivity index (χ1v) is 10.5. The number of para-hydroxylation sites is 2. The summed E-state index contributed by atoms with van der Waals surface area (Å²) in [6.45, 7) is 3.28. The Morgan fingerprint density at radius 2 is 1.71 bits per heavy atom.